The van der Waals surface area contributed by atoms with E-state index in [2.05, 4.69) is 5.32 Å². The molecule has 1 unspecified atom stereocenters. The van der Waals surface area contributed by atoms with Gasteiger partial charge in [0.25, 0.3) is 0 Å². The number of fused-ring (bicyclic) bond motifs is 1. The zero-order valence-corrected chi connectivity index (χ0v) is 20.9. The Bertz CT molecular complexity index is 1190. The average Bonchev–Trinajstić information content (AvgIpc) is 2.93. The minimum absolute atomic E-state index is 0.107. The van der Waals surface area contributed by atoms with Gasteiger partial charge in [0.05, 0.1) is 19.3 Å². The first-order valence-corrected chi connectivity index (χ1v) is 13.0. The van der Waals surface area contributed by atoms with Gasteiger partial charge in [-0.25, -0.2) is 0 Å². The molecule has 5 rings (SSSR count). The standard InChI is InChI=1S/C28H26F3NO5S/c29-28(30,31)27(33)32-22-24(34-16-18-10-4-1-5-11-18)23-21(36-26(22)38-20-14-8-3-9-15-20)17-35-25(37-23)19-12-6-2-7-13-19/h1-15,21-26H,16-17H2,(H,32,33)/t21-,22-,23-,24-,25?,26+/m1/s1. The third kappa shape index (κ3) is 6.39. The van der Waals surface area contributed by atoms with Gasteiger partial charge in [0.15, 0.2) is 6.29 Å². The molecule has 0 radical (unpaired) electrons. The number of hydrogen-bond donors (Lipinski definition) is 1. The molecule has 0 saturated carbocycles. The molecule has 2 aliphatic heterocycles. The van der Waals surface area contributed by atoms with Gasteiger partial charge in [0.1, 0.15) is 23.7 Å². The maximum Gasteiger partial charge on any atom is 0.471 e. The Morgan fingerprint density at radius 3 is 2.21 bits per heavy atom. The maximum absolute atomic E-state index is 13.4. The molecule has 2 fully saturated rings. The van der Waals surface area contributed by atoms with Crippen LogP contribution in [0, 0.1) is 0 Å². The second-order valence-corrected chi connectivity index (χ2v) is 10.1. The Morgan fingerprint density at radius 2 is 1.55 bits per heavy atom. The third-order valence-corrected chi connectivity index (χ3v) is 7.43. The fraction of sp³-hybridized carbons (Fsp3) is 0.321. The minimum atomic E-state index is -5.08. The largest absolute Gasteiger partial charge is 0.471 e. The van der Waals surface area contributed by atoms with Gasteiger partial charge in [-0.15, -0.1) is 0 Å². The molecular formula is C28H26F3NO5S. The molecule has 0 bridgehead atoms. The van der Waals surface area contributed by atoms with Crippen molar-refractivity contribution in [2.45, 2.75) is 53.8 Å². The highest BCUT2D eigenvalue weighted by molar-refractivity contribution is 7.99. The number of hydrogen-bond acceptors (Lipinski definition) is 6. The zero-order valence-electron chi connectivity index (χ0n) is 20.1. The van der Waals surface area contributed by atoms with Crippen LogP contribution in [0.2, 0.25) is 0 Å². The van der Waals surface area contributed by atoms with Crippen molar-refractivity contribution in [1.29, 1.82) is 0 Å². The van der Waals surface area contributed by atoms with E-state index in [1.54, 1.807) is 0 Å². The van der Waals surface area contributed by atoms with Crippen LogP contribution < -0.4 is 5.32 Å². The molecule has 38 heavy (non-hydrogen) atoms. The summed E-state index contributed by atoms with van der Waals surface area (Å²) in [6.07, 6.45) is -8.23. The van der Waals surface area contributed by atoms with Crippen LogP contribution in [0.3, 0.4) is 0 Å². The van der Waals surface area contributed by atoms with Crippen molar-refractivity contribution in [2.24, 2.45) is 0 Å². The number of alkyl halides is 3. The first-order chi connectivity index (χ1) is 18.4. The lowest BCUT2D eigenvalue weighted by atomic mass is 9.96. The molecule has 200 valence electrons. The maximum atomic E-state index is 13.4. The van der Waals surface area contributed by atoms with E-state index in [1.165, 1.54) is 11.8 Å². The molecule has 0 spiro atoms. The van der Waals surface area contributed by atoms with Gasteiger partial charge in [0, 0.05) is 10.5 Å². The molecule has 6 nitrogen and oxygen atoms in total. The van der Waals surface area contributed by atoms with E-state index in [-0.39, 0.29) is 13.2 Å². The van der Waals surface area contributed by atoms with Gasteiger partial charge in [-0.3, -0.25) is 4.79 Å². The summed E-state index contributed by atoms with van der Waals surface area (Å²) in [6, 6.07) is 26.4. The van der Waals surface area contributed by atoms with Crippen molar-refractivity contribution >= 4 is 17.7 Å². The molecular weight excluding hydrogens is 519 g/mol. The van der Waals surface area contributed by atoms with Crippen molar-refractivity contribution in [3.63, 3.8) is 0 Å². The van der Waals surface area contributed by atoms with Crippen LogP contribution in [-0.4, -0.2) is 48.5 Å². The number of thioether (sulfide) groups is 1. The van der Waals surface area contributed by atoms with Gasteiger partial charge in [0.2, 0.25) is 0 Å². The lowest BCUT2D eigenvalue weighted by Gasteiger charge is -2.49. The van der Waals surface area contributed by atoms with Crippen molar-refractivity contribution in [3.05, 3.63) is 102 Å². The van der Waals surface area contributed by atoms with Crippen LogP contribution in [0.1, 0.15) is 17.4 Å². The van der Waals surface area contributed by atoms with E-state index in [9.17, 15) is 18.0 Å². The number of carbonyl (C=O) groups is 1. The summed E-state index contributed by atoms with van der Waals surface area (Å²) in [5, 5.41) is 2.15. The summed E-state index contributed by atoms with van der Waals surface area (Å²) in [6.45, 7) is 0.247. The molecule has 0 aromatic heterocycles. The second-order valence-electron chi connectivity index (χ2n) is 8.91. The Hall–Kier alpha value is -2.89. The Morgan fingerprint density at radius 1 is 0.921 bits per heavy atom. The molecule has 2 saturated heterocycles. The van der Waals surface area contributed by atoms with Gasteiger partial charge in [-0.1, -0.05) is 90.6 Å². The summed E-state index contributed by atoms with van der Waals surface area (Å²) >= 11 is 1.21. The van der Waals surface area contributed by atoms with Gasteiger partial charge < -0.3 is 24.3 Å². The van der Waals surface area contributed by atoms with Gasteiger partial charge in [-0.2, -0.15) is 13.2 Å². The number of rotatable bonds is 7. The third-order valence-electron chi connectivity index (χ3n) is 6.25. The summed E-state index contributed by atoms with van der Waals surface area (Å²) in [4.78, 5) is 12.9. The lowest BCUT2D eigenvalue weighted by molar-refractivity contribution is -0.313. The van der Waals surface area contributed by atoms with Crippen molar-refractivity contribution in [1.82, 2.24) is 5.32 Å². The van der Waals surface area contributed by atoms with Crippen LogP contribution in [0.5, 0.6) is 0 Å². The van der Waals surface area contributed by atoms with E-state index in [1.807, 2.05) is 91.0 Å². The van der Waals surface area contributed by atoms with Gasteiger partial charge >= 0.3 is 12.1 Å². The summed E-state index contributed by atoms with van der Waals surface area (Å²) in [7, 11) is 0. The number of carbonyl (C=O) groups excluding carboxylic acids is 1. The quantitative estimate of drug-likeness (QED) is 0.438. The topological polar surface area (TPSA) is 66.0 Å². The number of amides is 1. The van der Waals surface area contributed by atoms with Gasteiger partial charge in [-0.05, 0) is 17.7 Å². The van der Waals surface area contributed by atoms with Crippen molar-refractivity contribution in [3.8, 4) is 0 Å². The Kier molecular flexibility index (Phi) is 8.35. The SMILES string of the molecule is O=C(N[C@@H]1[C@@H](OCc2ccccc2)[C@@H]2OC(c3ccccc3)OC[C@H]2O[C@H]1Sc1ccccc1)C(F)(F)F. The molecule has 1 N–H and O–H groups in total. The molecule has 3 aromatic carbocycles. The number of nitrogens with one attached hydrogen (secondary N) is 1. The smallest absolute Gasteiger partial charge is 0.368 e. The first kappa shape index (κ1) is 26.7. The first-order valence-electron chi connectivity index (χ1n) is 12.1. The van der Waals surface area contributed by atoms with Crippen LogP contribution in [-0.2, 0) is 30.3 Å². The normalized spacial score (nSPS) is 27.3. The fourth-order valence-corrected chi connectivity index (χ4v) is 5.59. The highest BCUT2D eigenvalue weighted by Gasteiger charge is 2.53. The van der Waals surface area contributed by atoms with E-state index in [4.69, 9.17) is 18.9 Å². The zero-order chi connectivity index (χ0) is 26.5. The Balaban J connectivity index is 1.47. The monoisotopic (exact) mass is 545 g/mol. The second kappa shape index (κ2) is 11.9. The molecule has 10 heteroatoms. The van der Waals surface area contributed by atoms with Crippen LogP contribution in [0.25, 0.3) is 0 Å². The summed E-state index contributed by atoms with van der Waals surface area (Å²) < 4.78 is 64.9. The summed E-state index contributed by atoms with van der Waals surface area (Å²) in [5.74, 6) is -2.07. The highest BCUT2D eigenvalue weighted by Crippen LogP contribution is 2.40. The van der Waals surface area contributed by atoms with Crippen LogP contribution in [0.4, 0.5) is 13.2 Å². The molecule has 1 amide bonds. The lowest BCUT2D eigenvalue weighted by Crippen LogP contribution is -2.67. The molecule has 6 atom stereocenters. The predicted octanol–water partition coefficient (Wildman–Crippen LogP) is 5.25. The van der Waals surface area contributed by atoms with Crippen molar-refractivity contribution < 1.29 is 36.9 Å². The summed E-state index contributed by atoms with van der Waals surface area (Å²) in [5.41, 5.74) is 0.686. The van der Waals surface area contributed by atoms with E-state index in [0.29, 0.717) is 0 Å². The minimum Gasteiger partial charge on any atom is -0.368 e. The van der Waals surface area contributed by atoms with E-state index < -0.39 is 48.2 Å². The van der Waals surface area contributed by atoms with Crippen molar-refractivity contribution in [2.75, 3.05) is 6.61 Å². The molecule has 3 aromatic rings. The van der Waals surface area contributed by atoms with Crippen LogP contribution >= 0.6 is 11.8 Å². The molecule has 0 aliphatic carbocycles. The predicted molar refractivity (Wildman–Crippen MR) is 134 cm³/mol. The van der Waals surface area contributed by atoms with Crippen LogP contribution in [0.15, 0.2) is 95.9 Å². The van der Waals surface area contributed by atoms with E-state index in [0.717, 1.165) is 16.0 Å². The molecule has 2 heterocycles. The number of benzene rings is 3. The number of ether oxygens (including phenoxy) is 4. The molecule has 2 aliphatic rings. The fourth-order valence-electron chi connectivity index (χ4n) is 4.44. The highest BCUT2D eigenvalue weighted by atomic mass is 32.2. The number of halogens is 3. The average molecular weight is 546 g/mol. The Labute approximate surface area is 222 Å². The van der Waals surface area contributed by atoms with E-state index >= 15 is 0 Å².